The lowest BCUT2D eigenvalue weighted by Crippen LogP contribution is -2.47. The maximum Gasteiger partial charge on any atom is 0.138 e. The highest BCUT2D eigenvalue weighted by molar-refractivity contribution is 8.04. The number of thioether (sulfide) groups is 1. The summed E-state index contributed by atoms with van der Waals surface area (Å²) < 4.78 is 5.95. The maximum absolute atomic E-state index is 4.91. The van der Waals surface area contributed by atoms with Gasteiger partial charge in [0, 0.05) is 56.0 Å². The van der Waals surface area contributed by atoms with Crippen LogP contribution in [0, 0.1) is 0 Å². The van der Waals surface area contributed by atoms with Crippen molar-refractivity contribution in [3.63, 3.8) is 0 Å². The summed E-state index contributed by atoms with van der Waals surface area (Å²) in [7, 11) is 3.88. The minimum absolute atomic E-state index is 0.819. The minimum atomic E-state index is 0.819. The molecule has 0 saturated carbocycles. The lowest BCUT2D eigenvalue weighted by Gasteiger charge is -2.34. The number of nitrogens with zero attached hydrogens (tertiary/aromatic N) is 3. The van der Waals surface area contributed by atoms with Crippen LogP contribution in [0.15, 0.2) is 38.5 Å². The lowest BCUT2D eigenvalue weighted by molar-refractivity contribution is 0.215. The van der Waals surface area contributed by atoms with Crippen molar-refractivity contribution in [3.05, 3.63) is 39.8 Å². The molecule has 0 aliphatic carbocycles. The summed E-state index contributed by atoms with van der Waals surface area (Å²) in [5.74, 6) is 1.19. The fraction of sp³-hybridized carbons (Fsp3) is 0.640. The summed E-state index contributed by atoms with van der Waals surface area (Å²) in [6.07, 6.45) is 9.15. The second-order valence-electron chi connectivity index (χ2n) is 7.70. The van der Waals surface area contributed by atoms with Crippen molar-refractivity contribution in [3.8, 4) is 0 Å². The van der Waals surface area contributed by atoms with Crippen LogP contribution in [0.25, 0.3) is 0 Å². The van der Waals surface area contributed by atoms with E-state index >= 15 is 0 Å². The van der Waals surface area contributed by atoms with Crippen LogP contribution in [0.4, 0.5) is 0 Å². The first-order valence-corrected chi connectivity index (χ1v) is 13.3. The number of hydrogen-bond donors (Lipinski definition) is 0. The largest absolute Gasteiger partial charge is 0.385 e. The van der Waals surface area contributed by atoms with Gasteiger partial charge in [-0.1, -0.05) is 50.6 Å². The number of methoxy groups -OCH3 is 1. The van der Waals surface area contributed by atoms with Crippen molar-refractivity contribution in [2.24, 2.45) is 4.99 Å². The Kier molecular flexibility index (Phi) is 14.9. The number of thiophene rings is 1. The van der Waals surface area contributed by atoms with E-state index in [1.165, 1.54) is 46.2 Å². The Morgan fingerprint density at radius 2 is 1.81 bits per heavy atom. The van der Waals surface area contributed by atoms with Crippen molar-refractivity contribution < 1.29 is 4.74 Å². The third-order valence-corrected chi connectivity index (χ3v) is 7.31. The molecule has 3 heterocycles. The van der Waals surface area contributed by atoms with E-state index in [0.29, 0.717) is 0 Å². The van der Waals surface area contributed by atoms with Gasteiger partial charge in [-0.3, -0.25) is 0 Å². The molecule has 1 saturated heterocycles. The molecule has 0 bridgehead atoms. The van der Waals surface area contributed by atoms with Crippen molar-refractivity contribution >= 4 is 28.9 Å². The third-order valence-electron chi connectivity index (χ3n) is 4.89. The van der Waals surface area contributed by atoms with E-state index in [1.807, 2.05) is 30.0 Å². The number of allylic oxidation sites excluding steroid dienone is 3. The average molecular weight is 466 g/mol. The second kappa shape index (κ2) is 16.5. The topological polar surface area (TPSA) is 28.1 Å². The molecule has 1 fully saturated rings. The monoisotopic (exact) mass is 465 g/mol. The molecule has 2 aliphatic heterocycles. The van der Waals surface area contributed by atoms with Crippen LogP contribution in [-0.2, 0) is 11.2 Å². The standard InChI is InChI=1S/C16H23N3S2.C6H12.C3H8O/c1-4-5-13-10-14-15(19-8-6-18(3)7-9-19)17-12(2)11-20-16(14)21-13;1-3-5-6-4-2;1-3-4-2/h10-11H,4-9H2,1-3H3;3,5H,4,6H2,1-2H3;3H2,1-2H3/b;5-3-;. The van der Waals surface area contributed by atoms with E-state index in [-0.39, 0.29) is 0 Å². The molecule has 6 heteroatoms. The Hall–Kier alpha value is -1.08. The van der Waals surface area contributed by atoms with E-state index in [2.05, 4.69) is 72.9 Å². The summed E-state index contributed by atoms with van der Waals surface area (Å²) in [5, 5.41) is 2.19. The van der Waals surface area contributed by atoms with Crippen LogP contribution < -0.4 is 0 Å². The van der Waals surface area contributed by atoms with Gasteiger partial charge in [0.25, 0.3) is 0 Å². The molecular formula is C25H43N3OS2. The Morgan fingerprint density at radius 1 is 1.13 bits per heavy atom. The van der Waals surface area contributed by atoms with E-state index < -0.39 is 0 Å². The number of aryl methyl sites for hydroxylation is 1. The predicted octanol–water partition coefficient (Wildman–Crippen LogP) is 6.68. The molecule has 0 radical (unpaired) electrons. The first kappa shape index (κ1) is 28.0. The van der Waals surface area contributed by atoms with Crippen LogP contribution in [-0.4, -0.2) is 62.6 Å². The molecule has 0 unspecified atom stereocenters. The highest BCUT2D eigenvalue weighted by Gasteiger charge is 2.24. The Morgan fingerprint density at radius 3 is 2.32 bits per heavy atom. The van der Waals surface area contributed by atoms with Crippen molar-refractivity contribution in [2.75, 3.05) is 46.9 Å². The zero-order chi connectivity index (χ0) is 23.1. The van der Waals surface area contributed by atoms with Gasteiger partial charge in [0.05, 0.1) is 4.21 Å². The molecule has 4 nitrogen and oxygen atoms in total. The Labute approximate surface area is 199 Å². The highest BCUT2D eigenvalue weighted by Crippen LogP contribution is 2.37. The second-order valence-corrected chi connectivity index (χ2v) is 9.98. The summed E-state index contributed by atoms with van der Waals surface area (Å²) in [5.41, 5.74) is 2.47. The molecular weight excluding hydrogens is 422 g/mol. The molecule has 0 aromatic carbocycles. The molecule has 176 valence electrons. The van der Waals surface area contributed by atoms with Crippen molar-refractivity contribution in [1.29, 1.82) is 0 Å². The average Bonchev–Trinajstić information content (AvgIpc) is 3.11. The van der Waals surface area contributed by atoms with Gasteiger partial charge in [0.1, 0.15) is 5.84 Å². The fourth-order valence-electron chi connectivity index (χ4n) is 3.02. The van der Waals surface area contributed by atoms with Gasteiger partial charge >= 0.3 is 0 Å². The molecule has 0 atom stereocenters. The van der Waals surface area contributed by atoms with Gasteiger partial charge in [-0.05, 0) is 52.1 Å². The van der Waals surface area contributed by atoms with Gasteiger partial charge in [-0.15, -0.1) is 11.3 Å². The maximum atomic E-state index is 4.91. The van der Waals surface area contributed by atoms with Gasteiger partial charge in [0.15, 0.2) is 0 Å². The van der Waals surface area contributed by atoms with Crippen LogP contribution in [0.3, 0.4) is 0 Å². The molecule has 0 N–H and O–H groups in total. The zero-order valence-electron chi connectivity index (χ0n) is 20.7. The summed E-state index contributed by atoms with van der Waals surface area (Å²) in [6.45, 7) is 15.8. The first-order valence-electron chi connectivity index (χ1n) is 11.6. The minimum Gasteiger partial charge on any atom is -0.385 e. The van der Waals surface area contributed by atoms with E-state index in [1.54, 1.807) is 7.11 Å². The quantitative estimate of drug-likeness (QED) is 0.454. The normalized spacial score (nSPS) is 16.4. The Bertz CT molecular complexity index is 700. The van der Waals surface area contributed by atoms with Crippen molar-refractivity contribution in [2.45, 2.75) is 64.5 Å². The third kappa shape index (κ3) is 10.4. The van der Waals surface area contributed by atoms with Crippen LogP contribution in [0.1, 0.15) is 64.3 Å². The summed E-state index contributed by atoms with van der Waals surface area (Å²) in [6, 6.07) is 2.38. The van der Waals surface area contributed by atoms with Crippen LogP contribution in [0.5, 0.6) is 0 Å². The van der Waals surface area contributed by atoms with Gasteiger partial charge in [-0.2, -0.15) is 0 Å². The van der Waals surface area contributed by atoms with E-state index in [9.17, 15) is 0 Å². The molecule has 1 aromatic heterocycles. The first-order chi connectivity index (χ1) is 15.0. The van der Waals surface area contributed by atoms with E-state index in [4.69, 9.17) is 4.99 Å². The van der Waals surface area contributed by atoms with E-state index in [0.717, 1.165) is 38.5 Å². The van der Waals surface area contributed by atoms with Gasteiger partial charge < -0.3 is 14.5 Å². The molecule has 31 heavy (non-hydrogen) atoms. The number of amidine groups is 1. The number of fused-ring (bicyclic) bond motifs is 1. The van der Waals surface area contributed by atoms with Gasteiger partial charge in [-0.25, -0.2) is 4.99 Å². The molecule has 0 spiro atoms. The SMILES string of the molecule is C/C=C\CCC.CCCc1cc2c(s1)SC=C(C)N=C2N1CCN(C)CC1.CCOC. The number of ether oxygens (including phenoxy) is 1. The number of rotatable bonds is 5. The zero-order valence-corrected chi connectivity index (χ0v) is 22.4. The number of piperazine rings is 1. The highest BCUT2D eigenvalue weighted by atomic mass is 32.2. The number of aliphatic imine (C=N–C) groups is 1. The molecule has 3 rings (SSSR count). The predicted molar refractivity (Wildman–Crippen MR) is 141 cm³/mol. The summed E-state index contributed by atoms with van der Waals surface area (Å²) in [4.78, 5) is 11.3. The number of unbranched alkanes of at least 4 members (excludes halogenated alkanes) is 1. The molecule has 1 aromatic rings. The Balaban J connectivity index is 0.000000405. The molecule has 0 amide bonds. The lowest BCUT2D eigenvalue weighted by atomic mass is 10.2. The number of hydrogen-bond acceptors (Lipinski definition) is 6. The smallest absolute Gasteiger partial charge is 0.138 e. The van der Waals surface area contributed by atoms with Crippen molar-refractivity contribution in [1.82, 2.24) is 9.80 Å². The van der Waals surface area contributed by atoms with Gasteiger partial charge in [0.2, 0.25) is 0 Å². The van der Waals surface area contributed by atoms with Crippen LogP contribution in [0.2, 0.25) is 0 Å². The fourth-order valence-corrected chi connectivity index (χ4v) is 5.27. The summed E-state index contributed by atoms with van der Waals surface area (Å²) >= 11 is 3.78. The van der Waals surface area contributed by atoms with Crippen LogP contribution >= 0.6 is 23.1 Å². The number of likely N-dealkylation sites (N-methyl/N-ethyl adjacent to an activating group) is 1. The molecule has 2 aliphatic rings.